The predicted molar refractivity (Wildman–Crippen MR) is 43.7 cm³/mol. The van der Waals surface area contributed by atoms with E-state index in [0.29, 0.717) is 0 Å². The smallest absolute Gasteiger partial charge is 0.00433 e. The van der Waals surface area contributed by atoms with E-state index in [2.05, 4.69) is 27.3 Å². The van der Waals surface area contributed by atoms with E-state index in [1.54, 1.807) is 0 Å². The second-order valence-corrected chi connectivity index (χ2v) is 2.93. The lowest BCUT2D eigenvalue weighted by molar-refractivity contribution is 0.437. The highest BCUT2D eigenvalue weighted by molar-refractivity contribution is 9.11. The van der Waals surface area contributed by atoms with Gasteiger partial charge < -0.3 is 5.32 Å². The van der Waals surface area contributed by atoms with Crippen LogP contribution in [-0.2, 0) is 0 Å². The lowest BCUT2D eigenvalue weighted by Crippen LogP contribution is -2.26. The van der Waals surface area contributed by atoms with Crippen molar-refractivity contribution < 1.29 is 0 Å². The fraction of sp³-hybridized carbons (Fsp3) is 0.714. The highest BCUT2D eigenvalue weighted by Crippen LogP contribution is 2.13. The van der Waals surface area contributed by atoms with Gasteiger partial charge in [0.15, 0.2) is 0 Å². The lowest BCUT2D eigenvalue weighted by atomic mass is 9.99. The summed E-state index contributed by atoms with van der Waals surface area (Å²) in [6.45, 7) is 2.37. The molecular weight excluding hydrogens is 178 g/mol. The van der Waals surface area contributed by atoms with Gasteiger partial charge in [0, 0.05) is 0 Å². The molecule has 1 fully saturated rings. The molecule has 0 aliphatic carbocycles. The molecule has 1 saturated heterocycles. The molecule has 0 aromatic rings. The zero-order valence-electron chi connectivity index (χ0n) is 5.44. The van der Waals surface area contributed by atoms with Crippen LogP contribution in [0.1, 0.15) is 12.8 Å². The molecule has 0 atom stereocenters. The van der Waals surface area contributed by atoms with Crippen molar-refractivity contribution in [1.29, 1.82) is 0 Å². The average Bonchev–Trinajstić information content (AvgIpc) is 1.91. The van der Waals surface area contributed by atoms with Crippen LogP contribution >= 0.6 is 15.9 Å². The van der Waals surface area contributed by atoms with E-state index in [1.807, 2.05) is 4.99 Å². The van der Waals surface area contributed by atoms with Gasteiger partial charge in [-0.2, -0.15) is 0 Å². The second kappa shape index (κ2) is 4.07. The van der Waals surface area contributed by atoms with Gasteiger partial charge in [-0.1, -0.05) is 22.0 Å². The zero-order valence-corrected chi connectivity index (χ0v) is 7.02. The average molecular weight is 190 g/mol. The van der Waals surface area contributed by atoms with Gasteiger partial charge in [-0.25, -0.2) is 0 Å². The molecule has 1 nitrogen and oxygen atoms in total. The Morgan fingerprint density at radius 3 is 2.56 bits per heavy atom. The van der Waals surface area contributed by atoms with Crippen LogP contribution in [0.4, 0.5) is 0 Å². The van der Waals surface area contributed by atoms with Crippen molar-refractivity contribution in [3.63, 3.8) is 0 Å². The maximum Gasteiger partial charge on any atom is -0.00433 e. The van der Waals surface area contributed by atoms with Crippen LogP contribution in [0.2, 0.25) is 0 Å². The molecule has 1 rings (SSSR count). The molecule has 0 aromatic carbocycles. The highest BCUT2D eigenvalue weighted by atomic mass is 79.9. The van der Waals surface area contributed by atoms with E-state index in [4.69, 9.17) is 0 Å². The van der Waals surface area contributed by atoms with Gasteiger partial charge in [-0.15, -0.1) is 0 Å². The van der Waals surface area contributed by atoms with Crippen molar-refractivity contribution in [2.45, 2.75) is 12.8 Å². The van der Waals surface area contributed by atoms with Gasteiger partial charge in [-0.3, -0.25) is 0 Å². The van der Waals surface area contributed by atoms with Crippen molar-refractivity contribution in [3.8, 4) is 0 Å². The third kappa shape index (κ3) is 2.50. The summed E-state index contributed by atoms with van der Waals surface area (Å²) in [5, 5.41) is 3.32. The third-order valence-electron chi connectivity index (χ3n) is 1.73. The summed E-state index contributed by atoms with van der Waals surface area (Å²) in [6.07, 6.45) is 4.82. The first-order valence-corrected chi connectivity index (χ1v) is 4.32. The minimum atomic E-state index is 0.811. The predicted octanol–water partition coefficient (Wildman–Crippen LogP) is 1.89. The lowest BCUT2D eigenvalue weighted by Gasteiger charge is -2.18. The summed E-state index contributed by atoms with van der Waals surface area (Å²) in [7, 11) is 0. The normalized spacial score (nSPS) is 23.2. The topological polar surface area (TPSA) is 12.0 Å². The Morgan fingerprint density at radius 1 is 1.33 bits per heavy atom. The van der Waals surface area contributed by atoms with Crippen molar-refractivity contribution in [1.82, 2.24) is 5.32 Å². The fourth-order valence-electron chi connectivity index (χ4n) is 1.14. The van der Waals surface area contributed by atoms with E-state index >= 15 is 0 Å². The van der Waals surface area contributed by atoms with Gasteiger partial charge in [0.25, 0.3) is 0 Å². The van der Waals surface area contributed by atoms with Crippen LogP contribution in [0.3, 0.4) is 0 Å². The van der Waals surface area contributed by atoms with Crippen LogP contribution in [0, 0.1) is 5.92 Å². The van der Waals surface area contributed by atoms with Gasteiger partial charge in [-0.05, 0) is 36.8 Å². The molecule has 2 heteroatoms. The summed E-state index contributed by atoms with van der Waals surface area (Å²) in [5.41, 5.74) is 0. The largest absolute Gasteiger partial charge is 0.317 e. The van der Waals surface area contributed by atoms with Gasteiger partial charge >= 0.3 is 0 Å². The molecular formula is C7H12BrN. The number of hydrogen-bond acceptors (Lipinski definition) is 1. The van der Waals surface area contributed by atoms with E-state index in [-0.39, 0.29) is 0 Å². The number of rotatable bonds is 1. The van der Waals surface area contributed by atoms with Crippen molar-refractivity contribution in [2.75, 3.05) is 13.1 Å². The number of halogens is 1. The van der Waals surface area contributed by atoms with Crippen LogP contribution in [0.15, 0.2) is 11.1 Å². The van der Waals surface area contributed by atoms with Crippen molar-refractivity contribution >= 4 is 15.9 Å². The Kier molecular flexibility index (Phi) is 3.30. The Balaban J connectivity index is 2.23. The highest BCUT2D eigenvalue weighted by Gasteiger charge is 2.07. The van der Waals surface area contributed by atoms with Gasteiger partial charge in [0.05, 0.1) is 0 Å². The minimum Gasteiger partial charge on any atom is -0.317 e. The fourth-order valence-corrected chi connectivity index (χ4v) is 1.57. The molecule has 0 aromatic heterocycles. The third-order valence-corrected chi connectivity index (χ3v) is 2.03. The van der Waals surface area contributed by atoms with Crippen molar-refractivity contribution in [3.05, 3.63) is 11.1 Å². The van der Waals surface area contributed by atoms with Gasteiger partial charge in [0.2, 0.25) is 0 Å². The number of nitrogens with one attached hydrogen (secondary N) is 1. The van der Waals surface area contributed by atoms with E-state index in [1.165, 1.54) is 25.9 Å². The number of hydrogen-bond donors (Lipinski definition) is 1. The van der Waals surface area contributed by atoms with Crippen LogP contribution in [-0.4, -0.2) is 13.1 Å². The van der Waals surface area contributed by atoms with Gasteiger partial charge in [0.1, 0.15) is 0 Å². The molecule has 0 radical (unpaired) electrons. The van der Waals surface area contributed by atoms with E-state index < -0.39 is 0 Å². The summed E-state index contributed by atoms with van der Waals surface area (Å²) >= 11 is 3.28. The number of allylic oxidation sites excluding steroid dienone is 1. The second-order valence-electron chi connectivity index (χ2n) is 2.41. The maximum atomic E-state index is 3.32. The van der Waals surface area contributed by atoms with Crippen LogP contribution < -0.4 is 5.32 Å². The summed E-state index contributed by atoms with van der Waals surface area (Å²) in [4.78, 5) is 1.98. The molecule has 0 unspecified atom stereocenters. The SMILES string of the molecule is BrC=CC1CCNCC1. The minimum absolute atomic E-state index is 0.811. The first kappa shape index (κ1) is 7.29. The molecule has 1 N–H and O–H groups in total. The first-order valence-electron chi connectivity index (χ1n) is 3.41. The first-order chi connectivity index (χ1) is 4.43. The molecule has 52 valence electrons. The van der Waals surface area contributed by atoms with Crippen LogP contribution in [0.5, 0.6) is 0 Å². The zero-order chi connectivity index (χ0) is 6.53. The summed E-state index contributed by atoms with van der Waals surface area (Å²) < 4.78 is 0. The molecule has 0 saturated carbocycles. The molecule has 0 spiro atoms. The van der Waals surface area contributed by atoms with Crippen LogP contribution in [0.25, 0.3) is 0 Å². The molecule has 0 bridgehead atoms. The molecule has 1 heterocycles. The Morgan fingerprint density at radius 2 is 2.00 bits per heavy atom. The number of piperidine rings is 1. The van der Waals surface area contributed by atoms with E-state index in [0.717, 1.165) is 5.92 Å². The van der Waals surface area contributed by atoms with Crippen molar-refractivity contribution in [2.24, 2.45) is 5.92 Å². The summed E-state index contributed by atoms with van der Waals surface area (Å²) in [6, 6.07) is 0. The Labute approximate surface area is 64.7 Å². The molecule has 1 aliphatic rings. The maximum absolute atomic E-state index is 3.32. The molecule has 9 heavy (non-hydrogen) atoms. The standard InChI is InChI=1S/C7H12BrN/c8-4-1-7-2-5-9-6-3-7/h1,4,7,9H,2-3,5-6H2. The Bertz CT molecular complexity index is 95.1. The molecule has 0 amide bonds. The Hall–Kier alpha value is 0.180. The quantitative estimate of drug-likeness (QED) is 0.665. The van der Waals surface area contributed by atoms with E-state index in [9.17, 15) is 0 Å². The molecule has 1 aliphatic heterocycles. The summed E-state index contributed by atoms with van der Waals surface area (Å²) in [5.74, 6) is 0.811. The monoisotopic (exact) mass is 189 g/mol.